The number of alkyl halides is 3. The number of benzene rings is 1. The van der Waals surface area contributed by atoms with Crippen LogP contribution in [0, 0.1) is 0 Å². The fourth-order valence-electron chi connectivity index (χ4n) is 2.73. The van der Waals surface area contributed by atoms with E-state index in [1.165, 1.54) is 4.31 Å². The third kappa shape index (κ3) is 4.41. The Kier molecular flexibility index (Phi) is 5.43. The van der Waals surface area contributed by atoms with Gasteiger partial charge in [-0.05, 0) is 30.2 Å². The fraction of sp³-hybridized carbons (Fsp3) is 0.389. The van der Waals surface area contributed by atoms with Crippen molar-refractivity contribution in [3.63, 3.8) is 0 Å². The highest BCUT2D eigenvalue weighted by Gasteiger charge is 2.38. The van der Waals surface area contributed by atoms with Crippen LogP contribution >= 0.6 is 0 Å². The molecule has 0 spiro atoms. The van der Waals surface area contributed by atoms with Crippen LogP contribution in [0.3, 0.4) is 0 Å². The number of aromatic nitrogens is 1. The van der Waals surface area contributed by atoms with Crippen LogP contribution in [-0.2, 0) is 22.6 Å². The molecule has 2 heterocycles. The normalized spacial score (nSPS) is 16.1. The van der Waals surface area contributed by atoms with Crippen molar-refractivity contribution in [2.75, 3.05) is 13.1 Å². The third-order valence-corrected chi connectivity index (χ3v) is 6.11. The van der Waals surface area contributed by atoms with Gasteiger partial charge in [-0.1, -0.05) is 25.5 Å². The first-order valence-corrected chi connectivity index (χ1v) is 9.93. The lowest BCUT2D eigenvalue weighted by molar-refractivity contribution is -0.137. The van der Waals surface area contributed by atoms with Crippen molar-refractivity contribution < 1.29 is 26.3 Å². The first-order chi connectivity index (χ1) is 12.7. The van der Waals surface area contributed by atoms with Gasteiger partial charge >= 0.3 is 6.18 Å². The van der Waals surface area contributed by atoms with Crippen molar-refractivity contribution in [2.45, 2.75) is 36.9 Å². The summed E-state index contributed by atoms with van der Waals surface area (Å²) in [5.41, 5.74) is 0.217. The largest absolute Gasteiger partial charge is 0.472 e. The van der Waals surface area contributed by atoms with Gasteiger partial charge in [0.25, 0.3) is 0 Å². The van der Waals surface area contributed by atoms with Gasteiger partial charge in [-0.3, -0.25) is 0 Å². The lowest BCUT2D eigenvalue weighted by Crippen LogP contribution is -2.56. The summed E-state index contributed by atoms with van der Waals surface area (Å²) in [6.07, 6.45) is -2.33. The number of hydrogen-bond donors (Lipinski definition) is 0. The van der Waals surface area contributed by atoms with E-state index in [9.17, 15) is 21.6 Å². The highest BCUT2D eigenvalue weighted by atomic mass is 32.2. The number of rotatable bonds is 6. The molecule has 146 valence electrons. The van der Waals surface area contributed by atoms with Crippen LogP contribution in [0.15, 0.2) is 47.5 Å². The summed E-state index contributed by atoms with van der Waals surface area (Å²) < 4.78 is 69.4. The Bertz CT molecular complexity index is 876. The van der Waals surface area contributed by atoms with Crippen LogP contribution in [-0.4, -0.2) is 36.9 Å². The molecule has 0 aliphatic carbocycles. The summed E-state index contributed by atoms with van der Waals surface area (Å²) in [5, 5.41) is 0. The molecule has 3 rings (SSSR count). The molecule has 1 fully saturated rings. The second-order valence-corrected chi connectivity index (χ2v) is 8.28. The van der Waals surface area contributed by atoms with Crippen molar-refractivity contribution in [3.05, 3.63) is 53.7 Å². The molecule has 0 N–H and O–H groups in total. The first-order valence-electron chi connectivity index (χ1n) is 8.49. The molecule has 2 aromatic rings. The van der Waals surface area contributed by atoms with E-state index in [-0.39, 0.29) is 23.9 Å². The molecule has 5 nitrogen and oxygen atoms in total. The molecule has 9 heteroatoms. The van der Waals surface area contributed by atoms with Crippen molar-refractivity contribution in [1.29, 1.82) is 0 Å². The van der Waals surface area contributed by atoms with Crippen LogP contribution < -0.4 is 4.74 Å². The second-order valence-electron chi connectivity index (χ2n) is 6.34. The van der Waals surface area contributed by atoms with E-state index in [1.54, 1.807) is 24.3 Å². The maximum Gasteiger partial charge on any atom is 0.417 e. The maximum atomic E-state index is 12.6. The molecule has 0 atom stereocenters. The molecule has 0 bridgehead atoms. The highest BCUT2D eigenvalue weighted by molar-refractivity contribution is 7.89. The topological polar surface area (TPSA) is 59.5 Å². The minimum Gasteiger partial charge on any atom is -0.472 e. The van der Waals surface area contributed by atoms with Gasteiger partial charge in [-0.25, -0.2) is 13.4 Å². The van der Waals surface area contributed by atoms with E-state index in [0.717, 1.165) is 30.5 Å². The van der Waals surface area contributed by atoms with Gasteiger partial charge in [0, 0.05) is 12.3 Å². The molecule has 0 unspecified atom stereocenters. The summed E-state index contributed by atoms with van der Waals surface area (Å²) in [7, 11) is -3.60. The highest BCUT2D eigenvalue weighted by Crippen LogP contribution is 2.30. The summed E-state index contributed by atoms with van der Waals surface area (Å²) in [6.45, 7) is 2.31. The Balaban J connectivity index is 1.58. The first kappa shape index (κ1) is 19.6. The molecule has 0 radical (unpaired) electrons. The number of halogens is 3. The zero-order valence-electron chi connectivity index (χ0n) is 14.6. The monoisotopic (exact) mass is 400 g/mol. The van der Waals surface area contributed by atoms with E-state index < -0.39 is 27.9 Å². The van der Waals surface area contributed by atoms with Crippen molar-refractivity contribution >= 4 is 10.0 Å². The summed E-state index contributed by atoms with van der Waals surface area (Å²) in [5.74, 6) is 0.0361. The van der Waals surface area contributed by atoms with Gasteiger partial charge in [0.15, 0.2) is 0 Å². The van der Waals surface area contributed by atoms with Gasteiger partial charge in [-0.2, -0.15) is 17.5 Å². The van der Waals surface area contributed by atoms with Gasteiger partial charge in [0.1, 0.15) is 6.10 Å². The predicted molar refractivity (Wildman–Crippen MR) is 92.9 cm³/mol. The SMILES string of the molecule is CCCc1ccc(S(=O)(=O)N2CC(Oc3ccc(C(F)(F)F)cn3)C2)cc1. The van der Waals surface area contributed by atoms with Crippen molar-refractivity contribution in [3.8, 4) is 5.88 Å². The lowest BCUT2D eigenvalue weighted by atomic mass is 10.1. The van der Waals surface area contributed by atoms with Gasteiger partial charge in [0.2, 0.25) is 15.9 Å². The minimum atomic E-state index is -4.46. The Labute approximate surface area is 155 Å². The molecule has 1 aromatic carbocycles. The van der Waals surface area contributed by atoms with E-state index in [4.69, 9.17) is 4.74 Å². The molecular weight excluding hydrogens is 381 g/mol. The summed E-state index contributed by atoms with van der Waals surface area (Å²) in [6, 6.07) is 8.80. The average molecular weight is 400 g/mol. The van der Waals surface area contributed by atoms with Crippen LogP contribution in [0.25, 0.3) is 0 Å². The third-order valence-electron chi connectivity index (χ3n) is 4.27. The number of nitrogens with zero attached hydrogens (tertiary/aromatic N) is 2. The van der Waals surface area contributed by atoms with E-state index in [0.29, 0.717) is 6.20 Å². The Morgan fingerprint density at radius 2 is 1.81 bits per heavy atom. The fourth-order valence-corrected chi connectivity index (χ4v) is 4.23. The quantitative estimate of drug-likeness (QED) is 0.745. The molecular formula is C18H19F3N2O3S. The zero-order valence-corrected chi connectivity index (χ0v) is 15.4. The molecule has 0 saturated carbocycles. The van der Waals surface area contributed by atoms with E-state index in [2.05, 4.69) is 11.9 Å². The minimum absolute atomic E-state index is 0.0361. The van der Waals surface area contributed by atoms with Crippen LogP contribution in [0.5, 0.6) is 5.88 Å². The second kappa shape index (κ2) is 7.47. The van der Waals surface area contributed by atoms with Crippen LogP contribution in [0.1, 0.15) is 24.5 Å². The van der Waals surface area contributed by atoms with Crippen LogP contribution in [0.2, 0.25) is 0 Å². The summed E-state index contributed by atoms with van der Waals surface area (Å²) in [4.78, 5) is 3.85. The molecule has 27 heavy (non-hydrogen) atoms. The molecule has 1 aromatic heterocycles. The Hall–Kier alpha value is -2.13. The number of aryl methyl sites for hydroxylation is 1. The van der Waals surface area contributed by atoms with E-state index >= 15 is 0 Å². The summed E-state index contributed by atoms with van der Waals surface area (Å²) >= 11 is 0. The lowest BCUT2D eigenvalue weighted by Gasteiger charge is -2.37. The number of sulfonamides is 1. The van der Waals surface area contributed by atoms with Crippen molar-refractivity contribution in [1.82, 2.24) is 9.29 Å². The molecule has 1 saturated heterocycles. The molecule has 1 aliphatic rings. The zero-order chi connectivity index (χ0) is 19.7. The smallest absolute Gasteiger partial charge is 0.417 e. The number of ether oxygens (including phenoxy) is 1. The maximum absolute atomic E-state index is 12.6. The number of pyridine rings is 1. The van der Waals surface area contributed by atoms with Gasteiger partial charge < -0.3 is 4.74 Å². The van der Waals surface area contributed by atoms with Gasteiger partial charge in [-0.15, -0.1) is 0 Å². The van der Waals surface area contributed by atoms with Crippen molar-refractivity contribution in [2.24, 2.45) is 0 Å². The molecule has 1 aliphatic heterocycles. The van der Waals surface area contributed by atoms with Crippen LogP contribution in [0.4, 0.5) is 13.2 Å². The number of hydrogen-bond acceptors (Lipinski definition) is 4. The van der Waals surface area contributed by atoms with E-state index in [1.807, 2.05) is 0 Å². The van der Waals surface area contributed by atoms with Gasteiger partial charge in [0.05, 0.1) is 23.5 Å². The Morgan fingerprint density at radius 1 is 1.15 bits per heavy atom. The average Bonchev–Trinajstić information content (AvgIpc) is 2.58. The predicted octanol–water partition coefficient (Wildman–Crippen LogP) is 3.50. The molecule has 0 amide bonds. The Morgan fingerprint density at radius 3 is 2.33 bits per heavy atom. The standard InChI is InChI=1S/C18H19F3N2O3S/c1-2-3-13-4-7-16(8-5-13)27(24,25)23-11-15(12-23)26-17-9-6-14(10-22-17)18(19,20)21/h4-10,15H,2-3,11-12H2,1H3.